The molecule has 3 fully saturated rings. The van der Waals surface area contributed by atoms with E-state index in [0.29, 0.717) is 6.61 Å². The third kappa shape index (κ3) is 0.796. The van der Waals surface area contributed by atoms with Crippen LogP contribution in [-0.2, 0) is 28.6 Å². The fourth-order valence-corrected chi connectivity index (χ4v) is 4.94. The van der Waals surface area contributed by atoms with Gasteiger partial charge < -0.3 is 14.2 Å². The van der Waals surface area contributed by atoms with Gasteiger partial charge in [-0.3, -0.25) is 14.4 Å². The maximum atomic E-state index is 12.6. The first-order valence-electron chi connectivity index (χ1n) is 6.49. The first-order chi connectivity index (χ1) is 9.45. The maximum absolute atomic E-state index is 12.6. The van der Waals surface area contributed by atoms with E-state index in [4.69, 9.17) is 14.2 Å². The van der Waals surface area contributed by atoms with Crippen molar-refractivity contribution in [3.63, 3.8) is 0 Å². The summed E-state index contributed by atoms with van der Waals surface area (Å²) >= 11 is 0. The highest BCUT2D eigenvalue weighted by Crippen LogP contribution is 2.87. The number of carbonyl (C=O) groups is 3. The van der Waals surface area contributed by atoms with Crippen molar-refractivity contribution in [2.75, 3.05) is 20.8 Å². The highest BCUT2D eigenvalue weighted by Gasteiger charge is 3.00. The Balaban J connectivity index is 1.95. The Kier molecular flexibility index (Phi) is 1.80. The molecule has 1 spiro atoms. The number of epoxide rings is 1. The maximum Gasteiger partial charge on any atom is 0.317 e. The molecule has 6 nitrogen and oxygen atoms in total. The van der Waals surface area contributed by atoms with E-state index in [1.165, 1.54) is 14.2 Å². The number of ketones is 1. The lowest BCUT2D eigenvalue weighted by Gasteiger charge is -2.24. The van der Waals surface area contributed by atoms with Crippen molar-refractivity contribution < 1.29 is 28.6 Å². The van der Waals surface area contributed by atoms with Crippen molar-refractivity contribution in [3.05, 3.63) is 11.6 Å². The van der Waals surface area contributed by atoms with Gasteiger partial charge in [-0.1, -0.05) is 11.6 Å². The smallest absolute Gasteiger partial charge is 0.317 e. The number of carbonyl (C=O) groups excluding carboxylic acids is 3. The van der Waals surface area contributed by atoms with Crippen molar-refractivity contribution in [1.29, 1.82) is 0 Å². The van der Waals surface area contributed by atoms with E-state index in [1.807, 2.05) is 6.92 Å². The fourth-order valence-electron chi connectivity index (χ4n) is 4.94. The van der Waals surface area contributed by atoms with Crippen LogP contribution in [0, 0.1) is 22.7 Å². The van der Waals surface area contributed by atoms with Crippen molar-refractivity contribution in [2.24, 2.45) is 22.7 Å². The van der Waals surface area contributed by atoms with Crippen molar-refractivity contribution in [3.8, 4) is 0 Å². The van der Waals surface area contributed by atoms with Crippen molar-refractivity contribution in [2.45, 2.75) is 12.5 Å². The quantitative estimate of drug-likeness (QED) is 0.397. The Labute approximate surface area is 115 Å². The Morgan fingerprint density at radius 3 is 2.35 bits per heavy atom. The van der Waals surface area contributed by atoms with Crippen LogP contribution in [0.25, 0.3) is 0 Å². The topological polar surface area (TPSA) is 82.2 Å². The minimum Gasteiger partial charge on any atom is -0.469 e. The number of methoxy groups -OCH3 is 2. The van der Waals surface area contributed by atoms with Gasteiger partial charge in [0.1, 0.15) is 10.8 Å². The fraction of sp³-hybridized carbons (Fsp3) is 0.643. The van der Waals surface area contributed by atoms with Crippen LogP contribution in [0.15, 0.2) is 11.6 Å². The third-order valence-corrected chi connectivity index (χ3v) is 5.53. The monoisotopic (exact) mass is 278 g/mol. The molecule has 20 heavy (non-hydrogen) atoms. The number of rotatable bonds is 2. The van der Waals surface area contributed by atoms with Crippen LogP contribution in [0.3, 0.4) is 0 Å². The normalized spacial score (nSPS) is 49.8. The molecule has 0 N–H and O–H groups in total. The highest BCUT2D eigenvalue weighted by molar-refractivity contribution is 6.16. The molecule has 1 aliphatic heterocycles. The van der Waals surface area contributed by atoms with Gasteiger partial charge in [0.05, 0.1) is 26.7 Å². The molecule has 3 unspecified atom stereocenters. The molecule has 4 aliphatic rings. The number of esters is 2. The lowest BCUT2D eigenvalue weighted by molar-refractivity contribution is -0.157. The van der Waals surface area contributed by atoms with Gasteiger partial charge in [0.2, 0.25) is 0 Å². The molecule has 0 aromatic rings. The molecule has 0 radical (unpaired) electrons. The minimum absolute atomic E-state index is 0.161. The second-order valence-corrected chi connectivity index (χ2v) is 6.02. The second kappa shape index (κ2) is 2.98. The van der Waals surface area contributed by atoms with E-state index >= 15 is 0 Å². The molecule has 6 heteroatoms. The number of hydrogen-bond acceptors (Lipinski definition) is 6. The van der Waals surface area contributed by atoms with Crippen LogP contribution in [0.1, 0.15) is 6.92 Å². The standard InChI is InChI=1S/C14H14O6/c1-6-4-12(10(16)18-2)8-9(15)13(5-20-13)7(6)14(8,12)11(17)19-3/h4,7-8H,5H2,1-3H3/t7?,8?,12?,13-,14-/m0/s1. The summed E-state index contributed by atoms with van der Waals surface area (Å²) in [6, 6.07) is 0. The summed E-state index contributed by atoms with van der Waals surface area (Å²) < 4.78 is 15.2. The second-order valence-electron chi connectivity index (χ2n) is 6.02. The summed E-state index contributed by atoms with van der Waals surface area (Å²) in [5.74, 6) is -2.33. The predicted octanol–water partition coefficient (Wildman–Crippen LogP) is -0.137. The molecule has 0 amide bonds. The van der Waals surface area contributed by atoms with Crippen LogP contribution in [0.4, 0.5) is 0 Å². The van der Waals surface area contributed by atoms with E-state index in [9.17, 15) is 14.4 Å². The van der Waals surface area contributed by atoms with Gasteiger partial charge in [0, 0.05) is 5.92 Å². The summed E-state index contributed by atoms with van der Waals surface area (Å²) in [5.41, 5.74) is -2.40. The first kappa shape index (κ1) is 12.1. The van der Waals surface area contributed by atoms with Gasteiger partial charge in [-0.15, -0.1) is 0 Å². The number of fused-ring (bicyclic) bond motifs is 2. The van der Waals surface area contributed by atoms with E-state index in [2.05, 4.69) is 0 Å². The van der Waals surface area contributed by atoms with Crippen molar-refractivity contribution in [1.82, 2.24) is 0 Å². The average molecular weight is 278 g/mol. The number of ether oxygens (including phenoxy) is 3. The molecule has 0 aromatic heterocycles. The van der Waals surface area contributed by atoms with Gasteiger partial charge >= 0.3 is 11.9 Å². The van der Waals surface area contributed by atoms with Crippen LogP contribution in [0.5, 0.6) is 0 Å². The van der Waals surface area contributed by atoms with Gasteiger partial charge in [-0.05, 0) is 6.92 Å². The molecule has 4 rings (SSSR count). The van der Waals surface area contributed by atoms with E-state index in [-0.39, 0.29) is 5.78 Å². The lowest BCUT2D eigenvalue weighted by Crippen LogP contribution is -2.40. The molecule has 5 atom stereocenters. The molecule has 2 saturated carbocycles. The molecule has 3 aliphatic carbocycles. The summed E-state index contributed by atoms with van der Waals surface area (Å²) in [4.78, 5) is 37.3. The third-order valence-electron chi connectivity index (χ3n) is 5.53. The molecule has 0 aromatic carbocycles. The molecular formula is C14H14O6. The zero-order valence-corrected chi connectivity index (χ0v) is 11.4. The number of hydrogen-bond donors (Lipinski definition) is 0. The van der Waals surface area contributed by atoms with E-state index < -0.39 is 40.2 Å². The van der Waals surface area contributed by atoms with Crippen LogP contribution < -0.4 is 0 Å². The Morgan fingerprint density at radius 2 is 1.85 bits per heavy atom. The first-order valence-corrected chi connectivity index (χ1v) is 6.49. The molecule has 1 heterocycles. The summed E-state index contributed by atoms with van der Waals surface area (Å²) in [6.07, 6.45) is 1.72. The zero-order chi connectivity index (χ0) is 14.5. The van der Waals surface area contributed by atoms with Gasteiger partial charge in [0.15, 0.2) is 11.4 Å². The lowest BCUT2D eigenvalue weighted by atomic mass is 9.78. The predicted molar refractivity (Wildman–Crippen MR) is 63.3 cm³/mol. The molecule has 0 bridgehead atoms. The van der Waals surface area contributed by atoms with E-state index in [1.54, 1.807) is 6.08 Å². The molecular weight excluding hydrogens is 264 g/mol. The largest absolute Gasteiger partial charge is 0.469 e. The SMILES string of the molecule is COC(=O)C12C=C(C)C3[C@@]1(C(=O)OC)C2C(=O)[C@]31CO1. The van der Waals surface area contributed by atoms with Crippen molar-refractivity contribution >= 4 is 17.7 Å². The van der Waals surface area contributed by atoms with Crippen LogP contribution in [0.2, 0.25) is 0 Å². The van der Waals surface area contributed by atoms with Gasteiger partial charge in [0.25, 0.3) is 0 Å². The van der Waals surface area contributed by atoms with Crippen LogP contribution in [-0.4, -0.2) is 44.1 Å². The Bertz CT molecular complexity index is 615. The average Bonchev–Trinajstić information content (AvgIpc) is 3.29. The van der Waals surface area contributed by atoms with Crippen LogP contribution >= 0.6 is 0 Å². The minimum atomic E-state index is -1.18. The summed E-state index contributed by atoms with van der Waals surface area (Å²) in [6.45, 7) is 2.14. The zero-order valence-electron chi connectivity index (χ0n) is 11.4. The summed E-state index contributed by atoms with van der Waals surface area (Å²) in [5, 5.41) is 0. The highest BCUT2D eigenvalue weighted by atomic mass is 16.6. The molecule has 106 valence electrons. The Hall–Kier alpha value is -1.69. The van der Waals surface area contributed by atoms with Gasteiger partial charge in [-0.25, -0.2) is 0 Å². The molecule has 1 saturated heterocycles. The summed E-state index contributed by atoms with van der Waals surface area (Å²) in [7, 11) is 2.54. The van der Waals surface area contributed by atoms with E-state index in [0.717, 1.165) is 5.57 Å². The number of Topliss-reactive ketones (excluding diaryl/α,β-unsaturated/α-hetero) is 1. The Morgan fingerprint density at radius 1 is 1.25 bits per heavy atom. The van der Waals surface area contributed by atoms with Gasteiger partial charge in [-0.2, -0.15) is 0 Å².